The van der Waals surface area contributed by atoms with E-state index in [0.29, 0.717) is 0 Å². The maximum atomic E-state index is 11.9. The molecule has 0 bridgehead atoms. The highest BCUT2D eigenvalue weighted by molar-refractivity contribution is 5.13. The number of nitrogen functional groups attached to an aromatic ring is 1. The second-order valence-corrected chi connectivity index (χ2v) is 1.75. The molecular formula is C4H6F2N4. The van der Waals surface area contributed by atoms with E-state index in [9.17, 15) is 8.78 Å². The zero-order valence-corrected chi connectivity index (χ0v) is 5.25. The van der Waals surface area contributed by atoms with E-state index in [4.69, 9.17) is 5.73 Å². The first-order valence-corrected chi connectivity index (χ1v) is 2.56. The van der Waals surface area contributed by atoms with Crippen molar-refractivity contribution in [2.24, 2.45) is 7.05 Å². The maximum absolute atomic E-state index is 11.9. The van der Waals surface area contributed by atoms with Gasteiger partial charge >= 0.3 is 0 Å². The lowest BCUT2D eigenvalue weighted by Crippen LogP contribution is -1.98. The summed E-state index contributed by atoms with van der Waals surface area (Å²) in [6.07, 6.45) is -2.62. The van der Waals surface area contributed by atoms with Crippen LogP contribution in [-0.2, 0) is 7.05 Å². The standard InChI is InChI=1S/C4H6F2N4/c1-10-3(2(5)6)8-4(7)9-10/h2H,1H3,(H2,7,9). The van der Waals surface area contributed by atoms with E-state index in [-0.39, 0.29) is 5.95 Å². The minimum Gasteiger partial charge on any atom is -0.366 e. The third kappa shape index (κ3) is 1.04. The molecular weight excluding hydrogens is 142 g/mol. The molecule has 6 heteroatoms. The van der Waals surface area contributed by atoms with Crippen molar-refractivity contribution in [1.82, 2.24) is 14.8 Å². The Balaban J connectivity index is 3.03. The Morgan fingerprint density at radius 3 is 2.40 bits per heavy atom. The number of hydrogen-bond donors (Lipinski definition) is 1. The number of anilines is 1. The Bertz CT molecular complexity index is 231. The van der Waals surface area contributed by atoms with Crippen LogP contribution in [0, 0.1) is 0 Å². The maximum Gasteiger partial charge on any atom is 0.297 e. The van der Waals surface area contributed by atoms with Crippen LogP contribution in [0.4, 0.5) is 14.7 Å². The normalized spacial score (nSPS) is 10.8. The van der Waals surface area contributed by atoms with E-state index < -0.39 is 12.2 Å². The summed E-state index contributed by atoms with van der Waals surface area (Å²) in [5, 5.41) is 3.44. The summed E-state index contributed by atoms with van der Waals surface area (Å²) in [7, 11) is 1.37. The zero-order chi connectivity index (χ0) is 7.72. The van der Waals surface area contributed by atoms with E-state index in [1.54, 1.807) is 0 Å². The molecule has 0 saturated heterocycles. The van der Waals surface area contributed by atoms with Gasteiger partial charge in [-0.2, -0.15) is 4.98 Å². The predicted octanol–water partition coefficient (Wildman–Crippen LogP) is 0.335. The van der Waals surface area contributed by atoms with Gasteiger partial charge in [-0.15, -0.1) is 5.10 Å². The number of rotatable bonds is 1. The SMILES string of the molecule is Cn1nc(N)nc1C(F)F. The van der Waals surface area contributed by atoms with Crippen LogP contribution in [-0.4, -0.2) is 14.8 Å². The molecule has 0 aliphatic carbocycles. The Morgan fingerprint density at radius 1 is 1.60 bits per heavy atom. The molecule has 1 aromatic rings. The molecule has 0 aliphatic heterocycles. The van der Waals surface area contributed by atoms with Crippen molar-refractivity contribution in [1.29, 1.82) is 0 Å². The van der Waals surface area contributed by atoms with Gasteiger partial charge in [-0.25, -0.2) is 13.5 Å². The number of hydrogen-bond acceptors (Lipinski definition) is 3. The molecule has 1 rings (SSSR count). The fourth-order valence-electron chi connectivity index (χ4n) is 0.607. The van der Waals surface area contributed by atoms with Gasteiger partial charge in [-0.3, -0.25) is 0 Å². The molecule has 0 aromatic carbocycles. The Kier molecular flexibility index (Phi) is 1.52. The van der Waals surface area contributed by atoms with E-state index in [0.717, 1.165) is 4.68 Å². The highest BCUT2D eigenvalue weighted by Crippen LogP contribution is 2.15. The zero-order valence-electron chi connectivity index (χ0n) is 5.25. The molecule has 0 radical (unpaired) electrons. The summed E-state index contributed by atoms with van der Waals surface area (Å²) in [6, 6.07) is 0. The topological polar surface area (TPSA) is 56.7 Å². The van der Waals surface area contributed by atoms with E-state index in [1.807, 2.05) is 0 Å². The van der Waals surface area contributed by atoms with Crippen LogP contribution in [0.5, 0.6) is 0 Å². The van der Waals surface area contributed by atoms with Crippen molar-refractivity contribution in [2.45, 2.75) is 6.43 Å². The minimum absolute atomic E-state index is 0.127. The van der Waals surface area contributed by atoms with Crippen LogP contribution in [0.2, 0.25) is 0 Å². The molecule has 56 valence electrons. The van der Waals surface area contributed by atoms with Crippen molar-refractivity contribution < 1.29 is 8.78 Å². The van der Waals surface area contributed by atoms with Gasteiger partial charge in [0.1, 0.15) is 0 Å². The number of nitrogens with zero attached hydrogens (tertiary/aromatic N) is 3. The van der Waals surface area contributed by atoms with Crippen molar-refractivity contribution >= 4 is 5.95 Å². The van der Waals surface area contributed by atoms with Gasteiger partial charge in [0, 0.05) is 7.05 Å². The Morgan fingerprint density at radius 2 is 2.20 bits per heavy atom. The third-order valence-electron chi connectivity index (χ3n) is 1.01. The van der Waals surface area contributed by atoms with Crippen molar-refractivity contribution in [3.05, 3.63) is 5.82 Å². The lowest BCUT2D eigenvalue weighted by atomic mass is 10.6. The molecule has 10 heavy (non-hydrogen) atoms. The van der Waals surface area contributed by atoms with Crippen LogP contribution in [0.3, 0.4) is 0 Å². The molecule has 0 unspecified atom stereocenters. The molecule has 0 spiro atoms. The number of halogens is 2. The lowest BCUT2D eigenvalue weighted by Gasteiger charge is -1.93. The summed E-state index contributed by atoms with van der Waals surface area (Å²) in [5.74, 6) is -0.532. The van der Waals surface area contributed by atoms with Crippen molar-refractivity contribution in [3.8, 4) is 0 Å². The smallest absolute Gasteiger partial charge is 0.297 e. The molecule has 1 aromatic heterocycles. The number of nitrogens with two attached hydrogens (primary N) is 1. The molecule has 0 fully saturated rings. The first kappa shape index (κ1) is 6.91. The summed E-state index contributed by atoms with van der Waals surface area (Å²) in [4.78, 5) is 3.29. The second kappa shape index (κ2) is 2.20. The van der Waals surface area contributed by atoms with Crippen LogP contribution < -0.4 is 5.73 Å². The number of alkyl halides is 2. The van der Waals surface area contributed by atoms with Crippen LogP contribution in [0.15, 0.2) is 0 Å². The molecule has 0 saturated carbocycles. The van der Waals surface area contributed by atoms with E-state index >= 15 is 0 Å². The molecule has 0 aliphatic rings. The monoisotopic (exact) mass is 148 g/mol. The first-order valence-electron chi connectivity index (χ1n) is 2.56. The van der Waals surface area contributed by atoms with Crippen LogP contribution in [0.1, 0.15) is 12.2 Å². The van der Waals surface area contributed by atoms with Gasteiger partial charge in [-0.1, -0.05) is 0 Å². The number of aromatic nitrogens is 3. The molecule has 0 amide bonds. The van der Waals surface area contributed by atoms with E-state index in [1.165, 1.54) is 7.05 Å². The fourth-order valence-corrected chi connectivity index (χ4v) is 0.607. The highest BCUT2D eigenvalue weighted by atomic mass is 19.3. The average Bonchev–Trinajstić information content (AvgIpc) is 2.10. The first-order chi connectivity index (χ1) is 4.61. The Hall–Kier alpha value is -1.20. The average molecular weight is 148 g/mol. The highest BCUT2D eigenvalue weighted by Gasteiger charge is 2.14. The Labute approximate surface area is 55.7 Å². The predicted molar refractivity (Wildman–Crippen MR) is 30.4 cm³/mol. The quantitative estimate of drug-likeness (QED) is 0.624. The lowest BCUT2D eigenvalue weighted by molar-refractivity contribution is 0.135. The summed E-state index contributed by atoms with van der Waals surface area (Å²) < 4.78 is 24.7. The van der Waals surface area contributed by atoms with E-state index in [2.05, 4.69) is 10.1 Å². The van der Waals surface area contributed by atoms with Crippen LogP contribution in [0.25, 0.3) is 0 Å². The van der Waals surface area contributed by atoms with Crippen LogP contribution >= 0.6 is 0 Å². The molecule has 4 nitrogen and oxygen atoms in total. The largest absolute Gasteiger partial charge is 0.366 e. The fraction of sp³-hybridized carbons (Fsp3) is 0.500. The van der Waals surface area contributed by atoms with Crippen molar-refractivity contribution in [3.63, 3.8) is 0 Å². The van der Waals surface area contributed by atoms with Gasteiger partial charge in [0.15, 0.2) is 5.82 Å². The molecule has 1 heterocycles. The molecule has 0 atom stereocenters. The summed E-state index contributed by atoms with van der Waals surface area (Å²) in [5.41, 5.74) is 5.04. The van der Waals surface area contributed by atoms with Gasteiger partial charge in [-0.05, 0) is 0 Å². The minimum atomic E-state index is -2.62. The second-order valence-electron chi connectivity index (χ2n) is 1.75. The van der Waals surface area contributed by atoms with Crippen molar-refractivity contribution in [2.75, 3.05) is 5.73 Å². The van der Waals surface area contributed by atoms with Gasteiger partial charge in [0.2, 0.25) is 5.95 Å². The summed E-state index contributed by atoms with van der Waals surface area (Å²) >= 11 is 0. The molecule has 2 N–H and O–H groups in total. The van der Waals surface area contributed by atoms with Gasteiger partial charge in [0.05, 0.1) is 0 Å². The van der Waals surface area contributed by atoms with Gasteiger partial charge in [0.25, 0.3) is 6.43 Å². The third-order valence-corrected chi connectivity index (χ3v) is 1.01. The van der Waals surface area contributed by atoms with Gasteiger partial charge < -0.3 is 5.73 Å². The summed E-state index contributed by atoms with van der Waals surface area (Å²) in [6.45, 7) is 0. The number of aryl methyl sites for hydroxylation is 1.